The first kappa shape index (κ1) is 10.3. The molecule has 0 spiro atoms. The summed E-state index contributed by atoms with van der Waals surface area (Å²) in [6.45, 7) is 3.28. The summed E-state index contributed by atoms with van der Waals surface area (Å²) in [5, 5.41) is 11.2. The van der Waals surface area contributed by atoms with Gasteiger partial charge in [-0.2, -0.15) is 5.10 Å². The number of hydrogen-bond acceptors (Lipinski definition) is 3. The molecule has 1 fully saturated rings. The zero-order chi connectivity index (χ0) is 11.0. The molecule has 1 aromatic rings. The smallest absolute Gasteiger partial charge is 0.0841 e. The van der Waals surface area contributed by atoms with Crippen LogP contribution in [0.1, 0.15) is 42.3 Å². The first-order chi connectivity index (χ1) is 7.86. The van der Waals surface area contributed by atoms with Gasteiger partial charge in [-0.3, -0.25) is 10.00 Å². The molecule has 2 aliphatic rings. The maximum atomic E-state index is 4.57. The van der Waals surface area contributed by atoms with Crippen LogP contribution in [-0.4, -0.2) is 35.2 Å². The Kier molecular flexibility index (Phi) is 2.69. The van der Waals surface area contributed by atoms with E-state index in [1.54, 1.807) is 0 Å². The van der Waals surface area contributed by atoms with Gasteiger partial charge in [0.1, 0.15) is 0 Å². The van der Waals surface area contributed by atoms with Crippen molar-refractivity contribution in [1.82, 2.24) is 20.4 Å². The number of fused-ring (bicyclic) bond motifs is 1. The highest BCUT2D eigenvalue weighted by atomic mass is 15.2. The van der Waals surface area contributed by atoms with E-state index in [4.69, 9.17) is 0 Å². The minimum absolute atomic E-state index is 0.536. The van der Waals surface area contributed by atoms with E-state index in [-0.39, 0.29) is 0 Å². The number of likely N-dealkylation sites (tertiary alicyclic amines) is 1. The summed E-state index contributed by atoms with van der Waals surface area (Å²) in [5.41, 5.74) is 4.09. The molecular weight excluding hydrogens is 200 g/mol. The Morgan fingerprint density at radius 3 is 3.19 bits per heavy atom. The van der Waals surface area contributed by atoms with E-state index in [2.05, 4.69) is 27.5 Å². The molecule has 0 radical (unpaired) electrons. The molecule has 3 heterocycles. The Bertz CT molecular complexity index is 371. The Balaban J connectivity index is 1.90. The van der Waals surface area contributed by atoms with Gasteiger partial charge in [0.25, 0.3) is 0 Å². The van der Waals surface area contributed by atoms with E-state index < -0.39 is 0 Å². The normalized spacial score (nSPS) is 26.7. The van der Waals surface area contributed by atoms with Crippen molar-refractivity contribution in [1.29, 1.82) is 0 Å². The molecule has 16 heavy (non-hydrogen) atoms. The van der Waals surface area contributed by atoms with Crippen molar-refractivity contribution in [3.8, 4) is 0 Å². The number of aromatic amines is 1. The predicted octanol–water partition coefficient (Wildman–Crippen LogP) is 1.21. The molecule has 4 heteroatoms. The number of H-pyrrole nitrogens is 1. The summed E-state index contributed by atoms with van der Waals surface area (Å²) in [5.74, 6) is 0. The third-order valence-corrected chi connectivity index (χ3v) is 3.92. The van der Waals surface area contributed by atoms with Crippen molar-refractivity contribution in [2.75, 3.05) is 20.1 Å². The van der Waals surface area contributed by atoms with Gasteiger partial charge in [-0.15, -0.1) is 0 Å². The van der Waals surface area contributed by atoms with Crippen LogP contribution in [0, 0.1) is 0 Å². The van der Waals surface area contributed by atoms with E-state index in [0.717, 1.165) is 19.5 Å². The lowest BCUT2D eigenvalue weighted by molar-refractivity contribution is 0.182. The van der Waals surface area contributed by atoms with Crippen LogP contribution in [0.5, 0.6) is 0 Å². The summed E-state index contributed by atoms with van der Waals surface area (Å²) in [6, 6.07) is 0.536. The number of nitrogens with one attached hydrogen (secondary N) is 2. The number of aromatic nitrogens is 2. The van der Waals surface area contributed by atoms with Crippen LogP contribution in [-0.2, 0) is 13.0 Å². The zero-order valence-corrected chi connectivity index (χ0v) is 9.92. The minimum atomic E-state index is 0.536. The molecule has 3 rings (SSSR count). The first-order valence-corrected chi connectivity index (χ1v) is 6.33. The van der Waals surface area contributed by atoms with Gasteiger partial charge >= 0.3 is 0 Å². The number of hydrogen-bond donors (Lipinski definition) is 2. The predicted molar refractivity (Wildman–Crippen MR) is 63.2 cm³/mol. The molecule has 1 unspecified atom stereocenters. The second-order valence-corrected chi connectivity index (χ2v) is 4.98. The lowest BCUT2D eigenvalue weighted by Gasteiger charge is -2.32. The topological polar surface area (TPSA) is 44.0 Å². The molecule has 0 bridgehead atoms. The largest absolute Gasteiger partial charge is 0.312 e. The van der Waals surface area contributed by atoms with Crippen molar-refractivity contribution in [3.05, 3.63) is 17.0 Å². The SMILES string of the molecule is CN1CCCCC1c1n[nH]c2c1CNCC2. The molecule has 4 nitrogen and oxygen atoms in total. The van der Waals surface area contributed by atoms with Gasteiger partial charge in [-0.05, 0) is 26.4 Å². The van der Waals surface area contributed by atoms with Crippen LogP contribution in [0.2, 0.25) is 0 Å². The van der Waals surface area contributed by atoms with Crippen LogP contribution in [0.15, 0.2) is 0 Å². The minimum Gasteiger partial charge on any atom is -0.312 e. The fourth-order valence-corrected chi connectivity index (χ4v) is 2.94. The highest BCUT2D eigenvalue weighted by Crippen LogP contribution is 2.32. The van der Waals surface area contributed by atoms with Gasteiger partial charge in [0.15, 0.2) is 0 Å². The van der Waals surface area contributed by atoms with E-state index in [9.17, 15) is 0 Å². The Morgan fingerprint density at radius 2 is 2.31 bits per heavy atom. The second-order valence-electron chi connectivity index (χ2n) is 4.98. The number of piperidine rings is 1. The van der Waals surface area contributed by atoms with Crippen LogP contribution in [0.3, 0.4) is 0 Å². The molecule has 1 atom stereocenters. The summed E-state index contributed by atoms with van der Waals surface area (Å²) in [6.07, 6.45) is 5.02. The average Bonchev–Trinajstić information content (AvgIpc) is 2.74. The molecule has 2 N–H and O–H groups in total. The molecular formula is C12H20N4. The van der Waals surface area contributed by atoms with Crippen LogP contribution in [0.4, 0.5) is 0 Å². The highest BCUT2D eigenvalue weighted by molar-refractivity contribution is 5.30. The van der Waals surface area contributed by atoms with Gasteiger partial charge in [-0.25, -0.2) is 0 Å². The van der Waals surface area contributed by atoms with Gasteiger partial charge < -0.3 is 5.32 Å². The van der Waals surface area contributed by atoms with Gasteiger partial charge in [0, 0.05) is 30.8 Å². The molecule has 1 aromatic heterocycles. The highest BCUT2D eigenvalue weighted by Gasteiger charge is 2.27. The van der Waals surface area contributed by atoms with Gasteiger partial charge in [-0.1, -0.05) is 6.42 Å². The summed E-state index contributed by atoms with van der Waals surface area (Å²) >= 11 is 0. The molecule has 0 aliphatic carbocycles. The summed E-state index contributed by atoms with van der Waals surface area (Å²) in [7, 11) is 2.22. The molecule has 0 amide bonds. The lowest BCUT2D eigenvalue weighted by Crippen LogP contribution is -2.31. The van der Waals surface area contributed by atoms with Crippen LogP contribution in [0.25, 0.3) is 0 Å². The van der Waals surface area contributed by atoms with E-state index in [0.29, 0.717) is 6.04 Å². The lowest BCUT2D eigenvalue weighted by atomic mass is 9.95. The van der Waals surface area contributed by atoms with E-state index in [1.807, 2.05) is 0 Å². The third-order valence-electron chi connectivity index (χ3n) is 3.92. The maximum absolute atomic E-state index is 4.57. The maximum Gasteiger partial charge on any atom is 0.0841 e. The van der Waals surface area contributed by atoms with E-state index >= 15 is 0 Å². The fourth-order valence-electron chi connectivity index (χ4n) is 2.94. The molecule has 0 aromatic carbocycles. The van der Waals surface area contributed by atoms with Crippen molar-refractivity contribution in [2.45, 2.75) is 38.3 Å². The zero-order valence-electron chi connectivity index (χ0n) is 9.92. The van der Waals surface area contributed by atoms with Crippen molar-refractivity contribution < 1.29 is 0 Å². The summed E-state index contributed by atoms with van der Waals surface area (Å²) < 4.78 is 0. The Labute approximate surface area is 96.4 Å². The molecule has 0 saturated carbocycles. The van der Waals surface area contributed by atoms with Gasteiger partial charge in [0.05, 0.1) is 11.7 Å². The fraction of sp³-hybridized carbons (Fsp3) is 0.750. The average molecular weight is 220 g/mol. The monoisotopic (exact) mass is 220 g/mol. The second kappa shape index (κ2) is 4.18. The number of rotatable bonds is 1. The standard InChI is InChI=1S/C12H20N4/c1-16-7-3-2-4-11(16)12-9-8-13-6-5-10(9)14-15-12/h11,13H,2-8H2,1H3,(H,14,15). The Hall–Kier alpha value is -0.870. The molecule has 88 valence electrons. The number of nitrogens with zero attached hydrogens (tertiary/aromatic N) is 2. The first-order valence-electron chi connectivity index (χ1n) is 6.33. The Morgan fingerprint density at radius 1 is 1.38 bits per heavy atom. The van der Waals surface area contributed by atoms with Crippen molar-refractivity contribution in [2.24, 2.45) is 0 Å². The van der Waals surface area contributed by atoms with E-state index in [1.165, 1.54) is 42.8 Å². The third kappa shape index (κ3) is 1.66. The van der Waals surface area contributed by atoms with Crippen molar-refractivity contribution >= 4 is 0 Å². The van der Waals surface area contributed by atoms with Crippen LogP contribution < -0.4 is 5.32 Å². The quantitative estimate of drug-likeness (QED) is 0.747. The van der Waals surface area contributed by atoms with Crippen molar-refractivity contribution in [3.63, 3.8) is 0 Å². The van der Waals surface area contributed by atoms with Gasteiger partial charge in [0.2, 0.25) is 0 Å². The molecule has 1 saturated heterocycles. The van der Waals surface area contributed by atoms with Crippen LogP contribution >= 0.6 is 0 Å². The summed E-state index contributed by atoms with van der Waals surface area (Å²) in [4.78, 5) is 2.45. The molecule has 2 aliphatic heterocycles.